The molecule has 1 aliphatic heterocycles. The zero-order chi connectivity index (χ0) is 26.5. The summed E-state index contributed by atoms with van der Waals surface area (Å²) in [6, 6.07) is 38.6. The second-order valence-electron chi connectivity index (χ2n) is 9.82. The van der Waals surface area contributed by atoms with E-state index in [0.717, 1.165) is 44.3 Å². The average molecular weight is 508 g/mol. The Kier molecular flexibility index (Phi) is 5.30. The number of hydrogen-bond acceptors (Lipinski definition) is 2. The van der Waals surface area contributed by atoms with E-state index in [2.05, 4.69) is 4.98 Å². The molecule has 2 heterocycles. The number of amides is 2. The van der Waals surface area contributed by atoms with Crippen LogP contribution in [-0.2, 0) is 0 Å². The van der Waals surface area contributed by atoms with Gasteiger partial charge < -0.3 is 4.98 Å². The van der Waals surface area contributed by atoms with Gasteiger partial charge in [0.25, 0.3) is 11.8 Å². The van der Waals surface area contributed by atoms with Crippen LogP contribution in [0, 0.1) is 6.92 Å². The number of para-hydroxylation sites is 1. The van der Waals surface area contributed by atoms with Crippen molar-refractivity contribution in [1.29, 1.82) is 0 Å². The van der Waals surface area contributed by atoms with Crippen LogP contribution < -0.4 is 9.80 Å². The number of anilines is 2. The lowest BCUT2D eigenvalue weighted by Crippen LogP contribution is -2.50. The third-order valence-electron chi connectivity index (χ3n) is 7.55. The largest absolute Gasteiger partial charge is 0.358 e. The van der Waals surface area contributed by atoms with E-state index in [9.17, 15) is 9.59 Å². The first-order valence-electron chi connectivity index (χ1n) is 13.0. The quantitative estimate of drug-likeness (QED) is 0.268. The molecule has 0 saturated heterocycles. The molecular weight excluding hydrogens is 482 g/mol. The van der Waals surface area contributed by atoms with E-state index >= 15 is 0 Å². The number of aromatic amines is 1. The Balaban J connectivity index is 1.59. The summed E-state index contributed by atoms with van der Waals surface area (Å²) >= 11 is 0. The Morgan fingerprint density at radius 2 is 1.13 bits per heavy atom. The minimum absolute atomic E-state index is 0.168. The van der Waals surface area contributed by atoms with Crippen molar-refractivity contribution < 1.29 is 9.59 Å². The predicted octanol–water partition coefficient (Wildman–Crippen LogP) is 7.64. The van der Waals surface area contributed by atoms with Gasteiger partial charge in [-0.15, -0.1) is 0 Å². The summed E-state index contributed by atoms with van der Waals surface area (Å²) in [5.41, 5.74) is 5.44. The fourth-order valence-electron chi connectivity index (χ4n) is 5.85. The molecule has 0 aliphatic carbocycles. The van der Waals surface area contributed by atoms with Crippen molar-refractivity contribution in [3.8, 4) is 0 Å². The second-order valence-corrected chi connectivity index (χ2v) is 9.82. The average Bonchev–Trinajstić information content (AvgIpc) is 3.32. The zero-order valence-corrected chi connectivity index (χ0v) is 21.3. The van der Waals surface area contributed by atoms with Crippen LogP contribution in [0.3, 0.4) is 0 Å². The van der Waals surface area contributed by atoms with Gasteiger partial charge in [-0.05, 0) is 54.8 Å². The van der Waals surface area contributed by atoms with Gasteiger partial charge in [0.05, 0.1) is 11.4 Å². The highest BCUT2D eigenvalue weighted by Crippen LogP contribution is 2.49. The highest BCUT2D eigenvalue weighted by atomic mass is 16.2. The van der Waals surface area contributed by atoms with Crippen molar-refractivity contribution in [3.05, 3.63) is 144 Å². The number of aromatic nitrogens is 1. The van der Waals surface area contributed by atoms with Crippen LogP contribution >= 0.6 is 0 Å². The lowest BCUT2D eigenvalue weighted by Gasteiger charge is -2.45. The molecule has 2 amide bonds. The highest BCUT2D eigenvalue weighted by molar-refractivity contribution is 6.21. The predicted molar refractivity (Wildman–Crippen MR) is 156 cm³/mol. The van der Waals surface area contributed by atoms with Crippen molar-refractivity contribution in [2.75, 3.05) is 9.80 Å². The van der Waals surface area contributed by atoms with Gasteiger partial charge in [-0.1, -0.05) is 78.9 Å². The maximum atomic E-state index is 14.5. The van der Waals surface area contributed by atoms with Crippen molar-refractivity contribution >= 4 is 44.9 Å². The summed E-state index contributed by atoms with van der Waals surface area (Å²) in [5.74, 6) is -0.337. The first-order valence-corrected chi connectivity index (χ1v) is 13.0. The lowest BCUT2D eigenvalue weighted by molar-refractivity contribution is 0.0947. The number of nitrogens with one attached hydrogen (secondary N) is 1. The summed E-state index contributed by atoms with van der Waals surface area (Å²) in [6.07, 6.45) is -0.720. The molecular formula is C34H25N3O2. The van der Waals surface area contributed by atoms with Gasteiger partial charge in [-0.2, -0.15) is 0 Å². The van der Waals surface area contributed by atoms with E-state index in [1.165, 1.54) is 0 Å². The number of rotatable bonds is 3. The summed E-state index contributed by atoms with van der Waals surface area (Å²) in [5, 5.41) is 2.82. The fourth-order valence-corrected chi connectivity index (χ4v) is 5.85. The molecule has 0 saturated carbocycles. The number of fused-ring (bicyclic) bond motifs is 1. The normalized spacial score (nSPS) is 13.3. The Hall–Kier alpha value is -5.16. The van der Waals surface area contributed by atoms with Crippen LogP contribution in [0.25, 0.3) is 21.7 Å². The molecule has 5 heteroatoms. The molecule has 1 aliphatic rings. The second kappa shape index (κ2) is 8.99. The van der Waals surface area contributed by atoms with Gasteiger partial charge in [-0.25, -0.2) is 0 Å². The van der Waals surface area contributed by atoms with Gasteiger partial charge >= 0.3 is 0 Å². The molecule has 0 bridgehead atoms. The van der Waals surface area contributed by atoms with E-state index in [1.54, 1.807) is 9.80 Å². The highest BCUT2D eigenvalue weighted by Gasteiger charge is 2.43. The van der Waals surface area contributed by atoms with Crippen LogP contribution in [0.1, 0.15) is 38.1 Å². The van der Waals surface area contributed by atoms with Crippen LogP contribution in [-0.4, -0.2) is 16.8 Å². The molecule has 0 unspecified atom stereocenters. The molecule has 6 aromatic rings. The number of aryl methyl sites for hydroxylation is 1. The summed E-state index contributed by atoms with van der Waals surface area (Å²) < 4.78 is 0. The summed E-state index contributed by atoms with van der Waals surface area (Å²) in [7, 11) is 0. The van der Waals surface area contributed by atoms with Gasteiger partial charge in [0.1, 0.15) is 6.17 Å². The van der Waals surface area contributed by atoms with Gasteiger partial charge in [0, 0.05) is 38.7 Å². The number of carbonyl (C=O) groups is 2. The number of benzene rings is 5. The third kappa shape index (κ3) is 3.55. The van der Waals surface area contributed by atoms with E-state index < -0.39 is 6.17 Å². The monoisotopic (exact) mass is 507 g/mol. The molecule has 7 rings (SSSR count). The molecule has 39 heavy (non-hydrogen) atoms. The lowest BCUT2D eigenvalue weighted by atomic mass is 9.95. The molecule has 188 valence electrons. The summed E-state index contributed by atoms with van der Waals surface area (Å²) in [6.45, 7) is 2.01. The number of nitrogens with zero attached hydrogens (tertiary/aromatic N) is 2. The van der Waals surface area contributed by atoms with Crippen LogP contribution in [0.4, 0.5) is 11.4 Å². The standard InChI is InChI=1S/C34H25N3O2/c1-22-30(26-18-8-9-19-27(26)35-22)32-36(33(38)24-12-4-2-5-13-24)28-20-10-16-23-17-11-21-29(31(23)28)37(32)34(39)25-14-6-3-7-15-25/h2-21,32,35H,1H3. The van der Waals surface area contributed by atoms with Gasteiger partial charge in [0.2, 0.25) is 0 Å². The molecule has 1 N–H and O–H groups in total. The van der Waals surface area contributed by atoms with Gasteiger partial charge in [0.15, 0.2) is 0 Å². The van der Waals surface area contributed by atoms with E-state index in [1.807, 2.05) is 128 Å². The molecule has 1 aromatic heterocycles. The Morgan fingerprint density at radius 1 is 0.615 bits per heavy atom. The summed E-state index contributed by atoms with van der Waals surface area (Å²) in [4.78, 5) is 36.1. The number of H-pyrrole nitrogens is 1. The molecule has 5 nitrogen and oxygen atoms in total. The SMILES string of the molecule is Cc1[nH]c2ccccc2c1C1N(C(=O)c2ccccc2)c2cccc3cccc(c23)N1C(=O)c1ccccc1. The molecule has 0 radical (unpaired) electrons. The minimum Gasteiger partial charge on any atom is -0.358 e. The van der Waals surface area contributed by atoms with Crippen LogP contribution in [0.5, 0.6) is 0 Å². The topological polar surface area (TPSA) is 56.4 Å². The van der Waals surface area contributed by atoms with Crippen molar-refractivity contribution in [2.24, 2.45) is 0 Å². The Labute approximate surface area is 225 Å². The van der Waals surface area contributed by atoms with E-state index in [4.69, 9.17) is 0 Å². The van der Waals surface area contributed by atoms with Crippen molar-refractivity contribution in [3.63, 3.8) is 0 Å². The Morgan fingerprint density at radius 3 is 1.69 bits per heavy atom. The van der Waals surface area contributed by atoms with E-state index in [-0.39, 0.29) is 11.8 Å². The zero-order valence-electron chi connectivity index (χ0n) is 21.3. The van der Waals surface area contributed by atoms with Crippen LogP contribution in [0.2, 0.25) is 0 Å². The Bertz CT molecular complexity index is 1780. The molecule has 0 atom stereocenters. The maximum Gasteiger partial charge on any atom is 0.260 e. The van der Waals surface area contributed by atoms with Gasteiger partial charge in [-0.3, -0.25) is 19.4 Å². The molecule has 0 spiro atoms. The first kappa shape index (κ1) is 23.0. The maximum absolute atomic E-state index is 14.5. The van der Waals surface area contributed by atoms with Crippen LogP contribution in [0.15, 0.2) is 121 Å². The fraction of sp³-hybridized carbons (Fsp3) is 0.0588. The third-order valence-corrected chi connectivity index (χ3v) is 7.55. The van der Waals surface area contributed by atoms with Crippen molar-refractivity contribution in [2.45, 2.75) is 13.1 Å². The minimum atomic E-state index is -0.720. The molecule has 5 aromatic carbocycles. The number of carbonyl (C=O) groups excluding carboxylic acids is 2. The number of hydrogen-bond donors (Lipinski definition) is 1. The molecule has 0 fully saturated rings. The first-order chi connectivity index (χ1) is 19.1. The van der Waals surface area contributed by atoms with Crippen molar-refractivity contribution in [1.82, 2.24) is 4.98 Å². The van der Waals surface area contributed by atoms with E-state index in [0.29, 0.717) is 11.1 Å². The smallest absolute Gasteiger partial charge is 0.260 e.